The number of aliphatic hydroxyl groups excluding tert-OH is 2. The van der Waals surface area contributed by atoms with Crippen LogP contribution >= 0.6 is 0 Å². The van der Waals surface area contributed by atoms with Gasteiger partial charge in [-0.25, -0.2) is 9.78 Å². The molecule has 1 aromatic heterocycles. The van der Waals surface area contributed by atoms with Crippen molar-refractivity contribution in [1.82, 2.24) is 4.98 Å². The van der Waals surface area contributed by atoms with Crippen molar-refractivity contribution in [2.75, 3.05) is 24.6 Å². The largest absolute Gasteiger partial charge is 0.478 e. The van der Waals surface area contributed by atoms with E-state index in [0.717, 1.165) is 5.56 Å². The molecule has 0 radical (unpaired) electrons. The van der Waals surface area contributed by atoms with Gasteiger partial charge in [0.1, 0.15) is 11.4 Å². The highest BCUT2D eigenvalue weighted by Gasteiger charge is 2.30. The Hall–Kier alpha value is -2.44. The molecule has 1 aromatic carbocycles. The molecule has 0 unspecified atom stereocenters. The molecule has 3 rings (SSSR count). The summed E-state index contributed by atoms with van der Waals surface area (Å²) < 4.78 is 0. The van der Waals surface area contributed by atoms with Gasteiger partial charge < -0.3 is 20.2 Å². The molecule has 0 saturated carbocycles. The summed E-state index contributed by atoms with van der Waals surface area (Å²) in [5.74, 6) is -0.859. The van der Waals surface area contributed by atoms with Gasteiger partial charge in [-0.05, 0) is 18.6 Å². The molecule has 126 valence electrons. The number of pyridine rings is 1. The quantitative estimate of drug-likeness (QED) is 0.790. The van der Waals surface area contributed by atoms with Gasteiger partial charge in [0.2, 0.25) is 0 Å². The average Bonchev–Trinajstić information content (AvgIpc) is 2.61. The maximum Gasteiger partial charge on any atom is 0.339 e. The molecule has 1 aliphatic heterocycles. The van der Waals surface area contributed by atoms with Crippen LogP contribution in [0.4, 0.5) is 5.82 Å². The van der Waals surface area contributed by atoms with Crippen LogP contribution in [0.2, 0.25) is 0 Å². The molecular weight excluding hydrogens is 308 g/mol. The number of hydrogen-bond donors (Lipinski definition) is 3. The SMILES string of the molecule is O=C(O)c1ccc(-c2ccccc2)nc1N1CC[C@H](CO)[C@H](O)C1. The van der Waals surface area contributed by atoms with Gasteiger partial charge in [0.05, 0.1) is 11.8 Å². The second kappa shape index (κ2) is 6.98. The number of carbonyl (C=O) groups is 1. The normalized spacial score (nSPS) is 20.8. The number of rotatable bonds is 4. The van der Waals surface area contributed by atoms with Crippen molar-refractivity contribution in [1.29, 1.82) is 0 Å². The van der Waals surface area contributed by atoms with E-state index in [1.165, 1.54) is 0 Å². The lowest BCUT2D eigenvalue weighted by Crippen LogP contribution is -2.46. The van der Waals surface area contributed by atoms with E-state index >= 15 is 0 Å². The number of nitrogens with zero attached hydrogens (tertiary/aromatic N) is 2. The lowest BCUT2D eigenvalue weighted by molar-refractivity contribution is 0.0541. The second-order valence-electron chi connectivity index (χ2n) is 5.98. The van der Waals surface area contributed by atoms with Crippen LogP contribution in [-0.4, -0.2) is 52.1 Å². The van der Waals surface area contributed by atoms with E-state index in [4.69, 9.17) is 0 Å². The second-order valence-corrected chi connectivity index (χ2v) is 5.98. The van der Waals surface area contributed by atoms with Gasteiger partial charge >= 0.3 is 5.97 Å². The summed E-state index contributed by atoms with van der Waals surface area (Å²) in [6.07, 6.45) is -0.110. The van der Waals surface area contributed by atoms with Crippen molar-refractivity contribution >= 4 is 11.8 Å². The summed E-state index contributed by atoms with van der Waals surface area (Å²) >= 11 is 0. The Morgan fingerprint density at radius 2 is 1.96 bits per heavy atom. The number of benzene rings is 1. The number of aromatic carboxylic acids is 1. The minimum atomic E-state index is -1.05. The zero-order valence-corrected chi connectivity index (χ0v) is 13.2. The summed E-state index contributed by atoms with van der Waals surface area (Å²) in [4.78, 5) is 17.9. The maximum atomic E-state index is 11.5. The summed E-state index contributed by atoms with van der Waals surface area (Å²) in [7, 11) is 0. The zero-order valence-electron chi connectivity index (χ0n) is 13.2. The molecule has 0 bridgehead atoms. The fourth-order valence-electron chi connectivity index (χ4n) is 3.01. The van der Waals surface area contributed by atoms with Crippen molar-refractivity contribution in [2.24, 2.45) is 5.92 Å². The van der Waals surface area contributed by atoms with Gasteiger partial charge in [-0.3, -0.25) is 0 Å². The highest BCUT2D eigenvalue weighted by atomic mass is 16.4. The van der Waals surface area contributed by atoms with E-state index in [0.29, 0.717) is 24.5 Å². The van der Waals surface area contributed by atoms with Crippen LogP contribution in [0.25, 0.3) is 11.3 Å². The minimum absolute atomic E-state index is 0.0712. The third-order valence-corrected chi connectivity index (χ3v) is 4.43. The van der Waals surface area contributed by atoms with Gasteiger partial charge in [-0.2, -0.15) is 0 Å². The molecule has 0 amide bonds. The molecule has 0 aliphatic carbocycles. The lowest BCUT2D eigenvalue weighted by Gasteiger charge is -2.36. The molecule has 3 N–H and O–H groups in total. The Morgan fingerprint density at radius 3 is 2.58 bits per heavy atom. The Balaban J connectivity index is 1.97. The van der Waals surface area contributed by atoms with Gasteiger partial charge in [0, 0.05) is 31.2 Å². The van der Waals surface area contributed by atoms with Gasteiger partial charge in [0.15, 0.2) is 0 Å². The van der Waals surface area contributed by atoms with Crippen molar-refractivity contribution in [3.8, 4) is 11.3 Å². The molecule has 1 saturated heterocycles. The number of carboxylic acid groups (broad SMARTS) is 1. The first-order chi connectivity index (χ1) is 11.6. The van der Waals surface area contributed by atoms with E-state index in [1.807, 2.05) is 30.3 Å². The Kier molecular flexibility index (Phi) is 4.78. The number of anilines is 1. The molecule has 6 nitrogen and oxygen atoms in total. The molecule has 2 aromatic rings. The van der Waals surface area contributed by atoms with Gasteiger partial charge in [-0.1, -0.05) is 30.3 Å². The zero-order chi connectivity index (χ0) is 17.1. The molecule has 0 spiro atoms. The van der Waals surface area contributed by atoms with Crippen LogP contribution in [0.15, 0.2) is 42.5 Å². The van der Waals surface area contributed by atoms with Crippen LogP contribution in [0.3, 0.4) is 0 Å². The van der Waals surface area contributed by atoms with Crippen LogP contribution in [-0.2, 0) is 0 Å². The van der Waals surface area contributed by atoms with Crippen molar-refractivity contribution < 1.29 is 20.1 Å². The standard InChI is InChI=1S/C18H20N2O4/c21-11-13-8-9-20(10-16(13)22)17-14(18(23)24)6-7-15(19-17)12-4-2-1-3-5-12/h1-7,13,16,21-22H,8-11H2,(H,23,24)/t13-,16-/m1/s1. The first-order valence-corrected chi connectivity index (χ1v) is 7.93. The Bertz CT molecular complexity index is 720. The minimum Gasteiger partial charge on any atom is -0.478 e. The van der Waals surface area contributed by atoms with Crippen molar-refractivity contribution in [3.05, 3.63) is 48.0 Å². The predicted octanol–water partition coefficient (Wildman–Crippen LogP) is 1.63. The number of piperidine rings is 1. The molecule has 1 fully saturated rings. The lowest BCUT2D eigenvalue weighted by atomic mass is 9.94. The van der Waals surface area contributed by atoms with Crippen molar-refractivity contribution in [3.63, 3.8) is 0 Å². The topological polar surface area (TPSA) is 93.9 Å². The Morgan fingerprint density at radius 1 is 1.21 bits per heavy atom. The average molecular weight is 328 g/mol. The summed E-state index contributed by atoms with van der Waals surface area (Å²) in [6.45, 7) is 0.739. The summed E-state index contributed by atoms with van der Waals surface area (Å²) in [5, 5.41) is 28.9. The van der Waals surface area contributed by atoms with E-state index in [2.05, 4.69) is 4.98 Å². The number of hydrogen-bond acceptors (Lipinski definition) is 5. The number of aliphatic hydroxyl groups is 2. The number of aromatic nitrogens is 1. The predicted molar refractivity (Wildman–Crippen MR) is 90.0 cm³/mol. The fourth-order valence-corrected chi connectivity index (χ4v) is 3.01. The van der Waals surface area contributed by atoms with Crippen LogP contribution in [0.5, 0.6) is 0 Å². The maximum absolute atomic E-state index is 11.5. The van der Waals surface area contributed by atoms with Gasteiger partial charge in [0.25, 0.3) is 0 Å². The van der Waals surface area contributed by atoms with E-state index < -0.39 is 12.1 Å². The van der Waals surface area contributed by atoms with Crippen molar-refractivity contribution in [2.45, 2.75) is 12.5 Å². The first kappa shape index (κ1) is 16.4. The molecule has 2 heterocycles. The molecule has 2 atom stereocenters. The molecule has 24 heavy (non-hydrogen) atoms. The number of carboxylic acids is 1. The van der Waals surface area contributed by atoms with Gasteiger partial charge in [-0.15, -0.1) is 0 Å². The van der Waals surface area contributed by atoms with Crippen LogP contribution < -0.4 is 4.90 Å². The molecule has 1 aliphatic rings. The van der Waals surface area contributed by atoms with Crippen LogP contribution in [0.1, 0.15) is 16.8 Å². The highest BCUT2D eigenvalue weighted by Crippen LogP contribution is 2.28. The smallest absolute Gasteiger partial charge is 0.339 e. The number of β-amino-alcohol motifs (C(OH)–C–C–N with tert-alkyl or cyclic N) is 1. The third-order valence-electron chi connectivity index (χ3n) is 4.43. The summed E-state index contributed by atoms with van der Waals surface area (Å²) in [6, 6.07) is 12.8. The third kappa shape index (κ3) is 3.25. The Labute approximate surface area is 140 Å². The first-order valence-electron chi connectivity index (χ1n) is 7.93. The molecule has 6 heteroatoms. The van der Waals surface area contributed by atoms with E-state index in [1.54, 1.807) is 17.0 Å². The summed E-state index contributed by atoms with van der Waals surface area (Å²) in [5.41, 5.74) is 1.71. The van der Waals surface area contributed by atoms with Crippen LogP contribution in [0, 0.1) is 5.92 Å². The van der Waals surface area contributed by atoms with E-state index in [9.17, 15) is 20.1 Å². The highest BCUT2D eigenvalue weighted by molar-refractivity contribution is 5.94. The molecular formula is C18H20N2O4. The van der Waals surface area contributed by atoms with E-state index in [-0.39, 0.29) is 24.6 Å². The fraction of sp³-hybridized carbons (Fsp3) is 0.333. The monoisotopic (exact) mass is 328 g/mol.